The van der Waals surface area contributed by atoms with Crippen molar-refractivity contribution in [3.63, 3.8) is 0 Å². The van der Waals surface area contributed by atoms with Crippen LogP contribution in [0.5, 0.6) is 0 Å². The highest BCUT2D eigenvalue weighted by Gasteiger charge is 2.26. The predicted molar refractivity (Wildman–Crippen MR) is 70.2 cm³/mol. The molecule has 1 aromatic rings. The topological polar surface area (TPSA) is 51.4 Å². The highest BCUT2D eigenvalue weighted by Crippen LogP contribution is 2.26. The zero-order valence-corrected chi connectivity index (χ0v) is 10.8. The summed E-state index contributed by atoms with van der Waals surface area (Å²) in [6.07, 6.45) is 4.33. The Morgan fingerprint density at radius 3 is 2.88 bits per heavy atom. The maximum atomic E-state index is 5.93. The number of aromatic nitrogens is 1. The van der Waals surface area contributed by atoms with E-state index in [0.29, 0.717) is 12.1 Å². The predicted octanol–water partition coefficient (Wildman–Crippen LogP) is 1.98. The molecule has 2 unspecified atom stereocenters. The molecule has 0 amide bonds. The van der Waals surface area contributed by atoms with Gasteiger partial charge in [0.25, 0.3) is 0 Å². The summed E-state index contributed by atoms with van der Waals surface area (Å²) < 4.78 is 5.42. The summed E-state index contributed by atoms with van der Waals surface area (Å²) in [5.74, 6) is 0.982. The van der Waals surface area contributed by atoms with Gasteiger partial charge in [-0.3, -0.25) is 0 Å². The van der Waals surface area contributed by atoms with E-state index in [1.165, 1.54) is 0 Å². The summed E-state index contributed by atoms with van der Waals surface area (Å²) in [5, 5.41) is 0. The number of pyridine rings is 1. The number of rotatable bonds is 2. The third-order valence-electron chi connectivity index (χ3n) is 3.59. The van der Waals surface area contributed by atoms with E-state index in [1.807, 2.05) is 19.2 Å². The number of aryl methyl sites for hydroxylation is 1. The van der Waals surface area contributed by atoms with Crippen molar-refractivity contribution in [3.05, 3.63) is 17.8 Å². The van der Waals surface area contributed by atoms with E-state index in [2.05, 4.69) is 16.8 Å². The van der Waals surface area contributed by atoms with Crippen LogP contribution in [-0.2, 0) is 4.74 Å². The van der Waals surface area contributed by atoms with E-state index in [1.54, 1.807) is 7.11 Å². The van der Waals surface area contributed by atoms with Gasteiger partial charge in [0.15, 0.2) is 0 Å². The van der Waals surface area contributed by atoms with Crippen LogP contribution in [0, 0.1) is 6.92 Å². The molecular weight excluding hydrogens is 214 g/mol. The molecule has 2 heterocycles. The number of methoxy groups -OCH3 is 1. The van der Waals surface area contributed by atoms with E-state index in [4.69, 9.17) is 10.5 Å². The van der Waals surface area contributed by atoms with Crippen molar-refractivity contribution in [3.8, 4) is 0 Å². The van der Waals surface area contributed by atoms with Crippen molar-refractivity contribution in [2.75, 3.05) is 24.3 Å². The van der Waals surface area contributed by atoms with Gasteiger partial charge in [0, 0.05) is 37.6 Å². The molecule has 0 aliphatic carbocycles. The van der Waals surface area contributed by atoms with Crippen molar-refractivity contribution in [2.45, 2.75) is 38.8 Å². The van der Waals surface area contributed by atoms with Gasteiger partial charge in [-0.05, 0) is 32.3 Å². The first kappa shape index (κ1) is 12.2. The smallest absolute Gasteiger partial charge is 0.130 e. The van der Waals surface area contributed by atoms with Gasteiger partial charge in [0.1, 0.15) is 5.82 Å². The van der Waals surface area contributed by atoms with Crippen LogP contribution < -0.4 is 10.6 Å². The minimum absolute atomic E-state index is 0.379. The Bertz CT molecular complexity index is 394. The molecule has 2 rings (SSSR count). The standard InChI is InChI=1S/C13H21N3O/c1-9-8-15-13(7-12(9)14)16-5-4-11(17-3)6-10(16)2/h7-8,10-11H,4-6H2,1-3H3,(H2,14,15). The summed E-state index contributed by atoms with van der Waals surface area (Å²) in [6.45, 7) is 5.17. The van der Waals surface area contributed by atoms with Gasteiger partial charge in [-0.15, -0.1) is 0 Å². The lowest BCUT2D eigenvalue weighted by Crippen LogP contribution is -2.43. The van der Waals surface area contributed by atoms with Gasteiger partial charge in [-0.2, -0.15) is 0 Å². The lowest BCUT2D eigenvalue weighted by atomic mass is 10.0. The molecule has 17 heavy (non-hydrogen) atoms. The van der Waals surface area contributed by atoms with E-state index in [9.17, 15) is 0 Å². The lowest BCUT2D eigenvalue weighted by Gasteiger charge is -2.38. The third-order valence-corrected chi connectivity index (χ3v) is 3.59. The van der Waals surface area contributed by atoms with Crippen LogP contribution in [0.25, 0.3) is 0 Å². The highest BCUT2D eigenvalue weighted by molar-refractivity contribution is 5.55. The van der Waals surface area contributed by atoms with Gasteiger partial charge >= 0.3 is 0 Å². The molecule has 0 spiro atoms. The molecule has 94 valence electrons. The zero-order chi connectivity index (χ0) is 12.4. The molecule has 1 saturated heterocycles. The van der Waals surface area contributed by atoms with Gasteiger partial charge in [0.05, 0.1) is 6.10 Å². The second-order valence-electron chi connectivity index (χ2n) is 4.82. The van der Waals surface area contributed by atoms with Crippen molar-refractivity contribution >= 4 is 11.5 Å². The van der Waals surface area contributed by atoms with Crippen LogP contribution >= 0.6 is 0 Å². The van der Waals surface area contributed by atoms with E-state index < -0.39 is 0 Å². The highest BCUT2D eigenvalue weighted by atomic mass is 16.5. The van der Waals surface area contributed by atoms with Crippen LogP contribution in [0.2, 0.25) is 0 Å². The van der Waals surface area contributed by atoms with Crippen molar-refractivity contribution < 1.29 is 4.74 Å². The average Bonchev–Trinajstić information content (AvgIpc) is 2.32. The number of hydrogen-bond acceptors (Lipinski definition) is 4. The molecule has 0 bridgehead atoms. The van der Waals surface area contributed by atoms with Crippen LogP contribution in [0.1, 0.15) is 25.3 Å². The molecular formula is C13H21N3O. The fourth-order valence-corrected chi connectivity index (χ4v) is 2.37. The fraction of sp³-hybridized carbons (Fsp3) is 0.615. The Morgan fingerprint density at radius 1 is 1.53 bits per heavy atom. The molecule has 4 heteroatoms. The van der Waals surface area contributed by atoms with E-state index in [0.717, 1.165) is 36.5 Å². The number of hydrogen-bond donors (Lipinski definition) is 1. The Kier molecular flexibility index (Phi) is 3.52. The Morgan fingerprint density at radius 2 is 2.29 bits per heavy atom. The maximum absolute atomic E-state index is 5.93. The van der Waals surface area contributed by atoms with Crippen LogP contribution in [0.15, 0.2) is 12.3 Å². The molecule has 0 saturated carbocycles. The maximum Gasteiger partial charge on any atom is 0.130 e. The SMILES string of the molecule is COC1CCN(c2cc(N)c(C)cn2)C(C)C1. The van der Waals surface area contributed by atoms with E-state index >= 15 is 0 Å². The van der Waals surface area contributed by atoms with E-state index in [-0.39, 0.29) is 0 Å². The van der Waals surface area contributed by atoms with Crippen LogP contribution in [-0.4, -0.2) is 30.8 Å². The minimum Gasteiger partial charge on any atom is -0.398 e. The Hall–Kier alpha value is -1.29. The summed E-state index contributed by atoms with van der Waals surface area (Å²) in [6, 6.07) is 2.42. The monoisotopic (exact) mass is 235 g/mol. The zero-order valence-electron chi connectivity index (χ0n) is 10.8. The summed E-state index contributed by atoms with van der Waals surface area (Å²) in [4.78, 5) is 6.78. The first-order valence-corrected chi connectivity index (χ1v) is 6.13. The first-order chi connectivity index (χ1) is 8.11. The molecule has 1 aliphatic heterocycles. The van der Waals surface area contributed by atoms with Crippen LogP contribution in [0.4, 0.5) is 11.5 Å². The molecule has 1 aliphatic rings. The van der Waals surface area contributed by atoms with Crippen molar-refractivity contribution in [2.24, 2.45) is 0 Å². The number of nitrogens with zero attached hydrogens (tertiary/aromatic N) is 2. The van der Waals surface area contributed by atoms with Gasteiger partial charge in [-0.1, -0.05) is 0 Å². The number of nitrogen functional groups attached to an aromatic ring is 1. The molecule has 4 nitrogen and oxygen atoms in total. The quantitative estimate of drug-likeness (QED) is 0.851. The lowest BCUT2D eigenvalue weighted by molar-refractivity contribution is 0.0719. The minimum atomic E-state index is 0.379. The number of anilines is 2. The molecule has 2 atom stereocenters. The Labute approximate surface area is 103 Å². The third kappa shape index (κ3) is 2.52. The summed E-state index contributed by atoms with van der Waals surface area (Å²) >= 11 is 0. The normalized spacial score (nSPS) is 25.0. The van der Waals surface area contributed by atoms with Crippen molar-refractivity contribution in [1.29, 1.82) is 0 Å². The molecule has 0 radical (unpaired) electrons. The van der Waals surface area contributed by atoms with Crippen molar-refractivity contribution in [1.82, 2.24) is 4.98 Å². The molecule has 1 aromatic heterocycles. The first-order valence-electron chi connectivity index (χ1n) is 6.13. The van der Waals surface area contributed by atoms with Gasteiger partial charge in [0.2, 0.25) is 0 Å². The number of nitrogens with two attached hydrogens (primary N) is 1. The average molecular weight is 235 g/mol. The molecule has 0 aromatic carbocycles. The van der Waals surface area contributed by atoms with Gasteiger partial charge in [-0.25, -0.2) is 4.98 Å². The number of ether oxygens (including phenoxy) is 1. The fourth-order valence-electron chi connectivity index (χ4n) is 2.37. The van der Waals surface area contributed by atoms with Crippen LogP contribution in [0.3, 0.4) is 0 Å². The largest absolute Gasteiger partial charge is 0.398 e. The summed E-state index contributed by atoms with van der Waals surface area (Å²) in [7, 11) is 1.79. The van der Waals surface area contributed by atoms with Gasteiger partial charge < -0.3 is 15.4 Å². The second kappa shape index (κ2) is 4.92. The second-order valence-corrected chi connectivity index (χ2v) is 4.82. The summed E-state index contributed by atoms with van der Waals surface area (Å²) in [5.41, 5.74) is 7.79. The molecule has 1 fully saturated rings. The number of piperidine rings is 1. The molecule has 2 N–H and O–H groups in total. The Balaban J connectivity index is 2.14.